The second-order valence-electron chi connectivity index (χ2n) is 4.74. The fourth-order valence-corrected chi connectivity index (χ4v) is 1.79. The fourth-order valence-electron chi connectivity index (χ4n) is 1.79. The fraction of sp³-hybridized carbons (Fsp3) is 0.429. The number of hydrogen-bond acceptors (Lipinski definition) is 6. The van der Waals surface area contributed by atoms with Gasteiger partial charge in [-0.1, -0.05) is 0 Å². The lowest BCUT2D eigenvalue weighted by molar-refractivity contribution is -0.120. The summed E-state index contributed by atoms with van der Waals surface area (Å²) < 4.78 is 0. The number of carbonyl (C=O) groups excluding carboxylic acids is 2. The highest BCUT2D eigenvalue weighted by Gasteiger charge is 2.38. The number of carbonyl (C=O) groups is 2. The molecule has 114 valence electrons. The maximum absolute atomic E-state index is 11.6. The van der Waals surface area contributed by atoms with Gasteiger partial charge in [0.05, 0.1) is 6.54 Å². The van der Waals surface area contributed by atoms with E-state index in [2.05, 4.69) is 36.8 Å². The molecular weight excluding hydrogens is 284 g/mol. The van der Waals surface area contributed by atoms with Gasteiger partial charge >= 0.3 is 0 Å². The van der Waals surface area contributed by atoms with Crippen molar-refractivity contribution in [2.24, 2.45) is 10.2 Å². The number of nitrogens with zero attached hydrogens (tertiary/aromatic N) is 4. The van der Waals surface area contributed by atoms with Gasteiger partial charge in [0.2, 0.25) is 11.7 Å². The summed E-state index contributed by atoms with van der Waals surface area (Å²) in [7, 11) is 0. The van der Waals surface area contributed by atoms with Crippen LogP contribution in [-0.2, 0) is 4.79 Å². The minimum atomic E-state index is -0.492. The van der Waals surface area contributed by atoms with Crippen LogP contribution in [0.15, 0.2) is 28.7 Å². The van der Waals surface area contributed by atoms with Crippen LogP contribution in [0.4, 0.5) is 0 Å². The molecule has 0 spiro atoms. The summed E-state index contributed by atoms with van der Waals surface area (Å²) in [5, 5.41) is 13.1. The Kier molecular flexibility index (Phi) is 5.14. The Morgan fingerprint density at radius 1 is 1.18 bits per heavy atom. The summed E-state index contributed by atoms with van der Waals surface area (Å²) in [6, 6.07) is 1.60. The van der Waals surface area contributed by atoms with Crippen LogP contribution in [0, 0.1) is 12.3 Å². The molecule has 0 aliphatic carbocycles. The third-order valence-electron chi connectivity index (χ3n) is 3.08. The molecule has 1 aromatic rings. The molecule has 0 radical (unpaired) electrons. The number of nitrogens with one attached hydrogen (secondary N) is 2. The third-order valence-corrected chi connectivity index (χ3v) is 3.08. The topological polar surface area (TPSA) is 109 Å². The smallest absolute Gasteiger partial charge is 0.289 e. The lowest BCUT2D eigenvalue weighted by Crippen LogP contribution is -2.38. The molecule has 0 aromatic carbocycles. The first-order chi connectivity index (χ1) is 10.7. The van der Waals surface area contributed by atoms with E-state index < -0.39 is 11.6 Å². The summed E-state index contributed by atoms with van der Waals surface area (Å²) >= 11 is 0. The van der Waals surface area contributed by atoms with Crippen molar-refractivity contribution in [2.45, 2.75) is 24.9 Å². The molecule has 2 rings (SSSR count). The van der Waals surface area contributed by atoms with Gasteiger partial charge < -0.3 is 10.6 Å². The maximum atomic E-state index is 11.6. The SMILES string of the molecule is C#CCCC1(CCNC(=O)CNC(=O)c2ncccn2)N=N1. The molecule has 1 aliphatic rings. The highest BCUT2D eigenvalue weighted by atomic mass is 16.2. The highest BCUT2D eigenvalue weighted by molar-refractivity contribution is 5.93. The molecule has 2 heterocycles. The Labute approximate surface area is 127 Å². The Bertz CT molecular complexity index is 602. The minimum absolute atomic E-state index is 0.0270. The first kappa shape index (κ1) is 15.6. The summed E-state index contributed by atoms with van der Waals surface area (Å²) in [5.41, 5.74) is -0.416. The lowest BCUT2D eigenvalue weighted by Gasteiger charge is -2.10. The second-order valence-corrected chi connectivity index (χ2v) is 4.74. The zero-order valence-corrected chi connectivity index (χ0v) is 12.0. The zero-order chi connectivity index (χ0) is 15.8. The third kappa shape index (κ3) is 4.63. The molecule has 1 aromatic heterocycles. The zero-order valence-electron chi connectivity index (χ0n) is 12.0. The van der Waals surface area contributed by atoms with Gasteiger partial charge in [-0.25, -0.2) is 9.97 Å². The van der Waals surface area contributed by atoms with Gasteiger partial charge in [-0.05, 0) is 6.07 Å². The molecule has 22 heavy (non-hydrogen) atoms. The van der Waals surface area contributed by atoms with Crippen LogP contribution < -0.4 is 10.6 Å². The molecular formula is C14H16N6O2. The Morgan fingerprint density at radius 2 is 1.91 bits per heavy atom. The van der Waals surface area contributed by atoms with Gasteiger partial charge in [0.1, 0.15) is 0 Å². The summed E-state index contributed by atoms with van der Waals surface area (Å²) in [5.74, 6) is 1.79. The minimum Gasteiger partial charge on any atom is -0.354 e. The number of terminal acetylenes is 1. The van der Waals surface area contributed by atoms with Crippen molar-refractivity contribution in [3.63, 3.8) is 0 Å². The van der Waals surface area contributed by atoms with Crippen LogP contribution in [0.2, 0.25) is 0 Å². The first-order valence-electron chi connectivity index (χ1n) is 6.85. The summed E-state index contributed by atoms with van der Waals surface area (Å²) in [4.78, 5) is 30.9. The van der Waals surface area contributed by atoms with E-state index in [9.17, 15) is 9.59 Å². The van der Waals surface area contributed by atoms with Crippen molar-refractivity contribution < 1.29 is 9.59 Å². The van der Waals surface area contributed by atoms with E-state index in [-0.39, 0.29) is 18.3 Å². The molecule has 0 unspecified atom stereocenters. The van der Waals surface area contributed by atoms with Gasteiger partial charge in [0, 0.05) is 38.2 Å². The predicted octanol–water partition coefficient (Wildman–Crippen LogP) is 0.288. The Balaban J connectivity index is 1.62. The largest absolute Gasteiger partial charge is 0.354 e. The highest BCUT2D eigenvalue weighted by Crippen LogP contribution is 2.35. The van der Waals surface area contributed by atoms with Gasteiger partial charge in [-0.2, -0.15) is 10.2 Å². The average molecular weight is 300 g/mol. The summed E-state index contributed by atoms with van der Waals surface area (Å²) in [6.07, 6.45) is 10.0. The molecule has 0 atom stereocenters. The molecule has 1 aliphatic heterocycles. The Morgan fingerprint density at radius 3 is 2.55 bits per heavy atom. The van der Waals surface area contributed by atoms with Crippen LogP contribution in [0.5, 0.6) is 0 Å². The monoisotopic (exact) mass is 300 g/mol. The average Bonchev–Trinajstić information content (AvgIpc) is 3.31. The van der Waals surface area contributed by atoms with Gasteiger partial charge in [0.25, 0.3) is 5.91 Å². The first-order valence-corrected chi connectivity index (χ1v) is 6.85. The number of aromatic nitrogens is 2. The predicted molar refractivity (Wildman–Crippen MR) is 77.6 cm³/mol. The number of amides is 2. The second kappa shape index (κ2) is 7.26. The molecule has 2 amide bonds. The van der Waals surface area contributed by atoms with Crippen LogP contribution >= 0.6 is 0 Å². The number of rotatable bonds is 8. The van der Waals surface area contributed by atoms with E-state index in [4.69, 9.17) is 6.42 Å². The van der Waals surface area contributed by atoms with Gasteiger partial charge in [-0.15, -0.1) is 12.3 Å². The molecule has 8 heteroatoms. The van der Waals surface area contributed by atoms with Gasteiger partial charge in [0.15, 0.2) is 5.66 Å². The van der Waals surface area contributed by atoms with Crippen LogP contribution in [-0.4, -0.2) is 40.5 Å². The normalized spacial score (nSPS) is 14.0. The van der Waals surface area contributed by atoms with Crippen molar-refractivity contribution in [1.82, 2.24) is 20.6 Å². The van der Waals surface area contributed by atoms with Crippen molar-refractivity contribution in [3.05, 3.63) is 24.3 Å². The maximum Gasteiger partial charge on any atom is 0.289 e. The standard InChI is InChI=1S/C14H16N6O2/c1-2-3-5-14(19-20-14)6-9-15-11(21)10-18-13(22)12-16-7-4-8-17-12/h1,4,7-8H,3,5-6,9-10H2,(H,15,21)(H,18,22). The van der Waals surface area contributed by atoms with Gasteiger partial charge in [-0.3, -0.25) is 9.59 Å². The molecule has 0 saturated carbocycles. The van der Waals surface area contributed by atoms with E-state index in [0.29, 0.717) is 25.8 Å². The molecule has 0 fully saturated rings. The molecule has 2 N–H and O–H groups in total. The van der Waals surface area contributed by atoms with Crippen molar-refractivity contribution in [1.29, 1.82) is 0 Å². The molecule has 0 bridgehead atoms. The molecule has 0 saturated heterocycles. The van der Waals surface area contributed by atoms with Crippen molar-refractivity contribution in [2.75, 3.05) is 13.1 Å². The van der Waals surface area contributed by atoms with Crippen LogP contribution in [0.1, 0.15) is 29.9 Å². The molecule has 8 nitrogen and oxygen atoms in total. The van der Waals surface area contributed by atoms with E-state index in [1.54, 1.807) is 6.07 Å². The van der Waals surface area contributed by atoms with Crippen molar-refractivity contribution in [3.8, 4) is 12.3 Å². The van der Waals surface area contributed by atoms with E-state index >= 15 is 0 Å². The van der Waals surface area contributed by atoms with E-state index in [0.717, 1.165) is 0 Å². The quantitative estimate of drug-likeness (QED) is 0.672. The van der Waals surface area contributed by atoms with E-state index in [1.807, 2.05) is 0 Å². The number of hydrogen-bond donors (Lipinski definition) is 2. The van der Waals surface area contributed by atoms with Crippen LogP contribution in [0.3, 0.4) is 0 Å². The summed E-state index contributed by atoms with van der Waals surface area (Å²) in [6.45, 7) is 0.289. The van der Waals surface area contributed by atoms with Crippen LogP contribution in [0.25, 0.3) is 0 Å². The lowest BCUT2D eigenvalue weighted by atomic mass is 10.0. The Hall–Kier alpha value is -2.82. The van der Waals surface area contributed by atoms with Crippen molar-refractivity contribution >= 4 is 11.8 Å². The van der Waals surface area contributed by atoms with E-state index in [1.165, 1.54) is 12.4 Å².